The molecule has 0 amide bonds. The monoisotopic (exact) mass is 254 g/mol. The van der Waals surface area contributed by atoms with E-state index in [4.69, 9.17) is 4.74 Å². The Hall–Kier alpha value is -2.09. The maximum atomic E-state index is 12.6. The van der Waals surface area contributed by atoms with Crippen LogP contribution in [-0.2, 0) is 0 Å². The lowest BCUT2D eigenvalue weighted by Gasteiger charge is -2.11. The van der Waals surface area contributed by atoms with Crippen molar-refractivity contribution in [1.82, 2.24) is 0 Å². The van der Waals surface area contributed by atoms with E-state index in [1.54, 1.807) is 0 Å². The predicted molar refractivity (Wildman–Crippen MR) is 76.8 cm³/mol. The Kier molecular flexibility index (Phi) is 4.35. The van der Waals surface area contributed by atoms with Gasteiger partial charge in [-0.1, -0.05) is 43.3 Å². The van der Waals surface area contributed by atoms with E-state index in [9.17, 15) is 4.79 Å². The smallest absolute Gasteiger partial charge is 0.197 e. The van der Waals surface area contributed by atoms with Crippen molar-refractivity contribution < 1.29 is 9.53 Å². The molecule has 0 unspecified atom stereocenters. The average Bonchev–Trinajstić information content (AvgIpc) is 2.45. The third kappa shape index (κ3) is 3.02. The maximum absolute atomic E-state index is 12.6. The molecular weight excluding hydrogens is 236 g/mol. The fourth-order valence-corrected chi connectivity index (χ4v) is 1.96. The standard InChI is InChI=1S/C17H18O2/c1-3-12-19-16-11-7-6-10-15(16)17(18)14-9-5-4-8-13(14)2/h4-11H,3,12H2,1-2H3. The van der Waals surface area contributed by atoms with Gasteiger partial charge in [0.05, 0.1) is 12.2 Å². The Morgan fingerprint density at radius 3 is 2.32 bits per heavy atom. The quantitative estimate of drug-likeness (QED) is 0.753. The van der Waals surface area contributed by atoms with E-state index in [2.05, 4.69) is 0 Å². The van der Waals surface area contributed by atoms with Crippen molar-refractivity contribution in [2.24, 2.45) is 0 Å². The van der Waals surface area contributed by atoms with Crippen molar-refractivity contribution in [2.75, 3.05) is 6.61 Å². The molecule has 98 valence electrons. The molecule has 0 saturated heterocycles. The van der Waals surface area contributed by atoms with Gasteiger partial charge in [0.2, 0.25) is 0 Å². The number of carbonyl (C=O) groups excluding carboxylic acids is 1. The second-order valence-corrected chi connectivity index (χ2v) is 4.49. The zero-order chi connectivity index (χ0) is 13.7. The fraction of sp³-hybridized carbons (Fsp3) is 0.235. The van der Waals surface area contributed by atoms with Crippen LogP contribution in [0, 0.1) is 6.92 Å². The van der Waals surface area contributed by atoms with Gasteiger partial charge in [0, 0.05) is 5.56 Å². The first-order chi connectivity index (χ1) is 9.24. The first kappa shape index (κ1) is 13.3. The van der Waals surface area contributed by atoms with Crippen LogP contribution in [0.4, 0.5) is 0 Å². The van der Waals surface area contributed by atoms with Crippen LogP contribution in [0.25, 0.3) is 0 Å². The van der Waals surface area contributed by atoms with Crippen LogP contribution in [0.2, 0.25) is 0 Å². The molecule has 0 fully saturated rings. The summed E-state index contributed by atoms with van der Waals surface area (Å²) in [6, 6.07) is 15.0. The first-order valence-corrected chi connectivity index (χ1v) is 6.56. The minimum Gasteiger partial charge on any atom is -0.493 e. The van der Waals surface area contributed by atoms with E-state index < -0.39 is 0 Å². The summed E-state index contributed by atoms with van der Waals surface area (Å²) in [6.07, 6.45) is 0.924. The molecule has 0 saturated carbocycles. The molecule has 2 nitrogen and oxygen atoms in total. The number of rotatable bonds is 5. The summed E-state index contributed by atoms with van der Waals surface area (Å²) >= 11 is 0. The van der Waals surface area contributed by atoms with Crippen LogP contribution in [-0.4, -0.2) is 12.4 Å². The molecule has 0 aromatic heterocycles. The number of aryl methyl sites for hydroxylation is 1. The number of ether oxygens (including phenoxy) is 1. The van der Waals surface area contributed by atoms with E-state index in [1.165, 1.54) is 0 Å². The van der Waals surface area contributed by atoms with Crippen LogP contribution < -0.4 is 4.74 Å². The molecule has 2 aromatic rings. The van der Waals surface area contributed by atoms with Gasteiger partial charge >= 0.3 is 0 Å². The van der Waals surface area contributed by atoms with Crippen LogP contribution in [0.5, 0.6) is 5.75 Å². The lowest BCUT2D eigenvalue weighted by atomic mass is 9.98. The minimum atomic E-state index is 0.0183. The van der Waals surface area contributed by atoms with Gasteiger partial charge in [0.1, 0.15) is 5.75 Å². The SMILES string of the molecule is CCCOc1ccccc1C(=O)c1ccccc1C. The lowest BCUT2D eigenvalue weighted by molar-refractivity contribution is 0.103. The minimum absolute atomic E-state index is 0.0183. The number of ketones is 1. The zero-order valence-electron chi connectivity index (χ0n) is 11.3. The molecule has 0 N–H and O–H groups in total. The Morgan fingerprint density at radius 1 is 1.00 bits per heavy atom. The number of carbonyl (C=O) groups is 1. The highest BCUT2D eigenvalue weighted by Crippen LogP contribution is 2.23. The Labute approximate surface area is 114 Å². The summed E-state index contributed by atoms with van der Waals surface area (Å²) in [6.45, 7) is 4.62. The Balaban J connectivity index is 2.36. The molecule has 0 aliphatic carbocycles. The van der Waals surface area contributed by atoms with Crippen molar-refractivity contribution in [1.29, 1.82) is 0 Å². The fourth-order valence-electron chi connectivity index (χ4n) is 1.96. The van der Waals surface area contributed by atoms with Crippen molar-refractivity contribution in [3.05, 3.63) is 65.2 Å². The van der Waals surface area contributed by atoms with Gasteiger partial charge < -0.3 is 4.74 Å². The van der Waals surface area contributed by atoms with Gasteiger partial charge in [0.15, 0.2) is 5.78 Å². The molecule has 2 aromatic carbocycles. The third-order valence-electron chi connectivity index (χ3n) is 2.98. The van der Waals surface area contributed by atoms with Crippen LogP contribution in [0.15, 0.2) is 48.5 Å². The highest BCUT2D eigenvalue weighted by atomic mass is 16.5. The largest absolute Gasteiger partial charge is 0.493 e. The molecule has 0 aliphatic rings. The van der Waals surface area contributed by atoms with E-state index in [1.807, 2.05) is 62.4 Å². The second kappa shape index (κ2) is 6.19. The van der Waals surface area contributed by atoms with E-state index >= 15 is 0 Å². The van der Waals surface area contributed by atoms with E-state index in [0.717, 1.165) is 17.5 Å². The molecule has 2 heteroatoms. The Bertz CT molecular complexity index is 573. The highest BCUT2D eigenvalue weighted by molar-refractivity contribution is 6.11. The first-order valence-electron chi connectivity index (χ1n) is 6.56. The molecule has 0 atom stereocenters. The Morgan fingerprint density at radius 2 is 1.63 bits per heavy atom. The summed E-state index contributed by atoms with van der Waals surface area (Å²) in [5.74, 6) is 0.683. The maximum Gasteiger partial charge on any atom is 0.197 e. The summed E-state index contributed by atoms with van der Waals surface area (Å²) in [7, 11) is 0. The molecule has 0 aliphatic heterocycles. The molecule has 2 rings (SSSR count). The summed E-state index contributed by atoms with van der Waals surface area (Å²) in [4.78, 5) is 12.6. The summed E-state index contributed by atoms with van der Waals surface area (Å²) < 4.78 is 5.65. The van der Waals surface area contributed by atoms with E-state index in [0.29, 0.717) is 17.9 Å². The van der Waals surface area contributed by atoms with Gasteiger partial charge in [-0.2, -0.15) is 0 Å². The number of benzene rings is 2. The van der Waals surface area contributed by atoms with E-state index in [-0.39, 0.29) is 5.78 Å². The van der Waals surface area contributed by atoms with Crippen LogP contribution in [0.3, 0.4) is 0 Å². The van der Waals surface area contributed by atoms with Gasteiger partial charge in [-0.15, -0.1) is 0 Å². The van der Waals surface area contributed by atoms with Gasteiger partial charge in [-0.3, -0.25) is 4.79 Å². The summed E-state index contributed by atoms with van der Waals surface area (Å²) in [5, 5.41) is 0. The van der Waals surface area contributed by atoms with Crippen molar-refractivity contribution in [2.45, 2.75) is 20.3 Å². The molecule has 0 heterocycles. The topological polar surface area (TPSA) is 26.3 Å². The van der Waals surface area contributed by atoms with Gasteiger partial charge in [0.25, 0.3) is 0 Å². The van der Waals surface area contributed by atoms with Crippen molar-refractivity contribution in [3.63, 3.8) is 0 Å². The normalized spacial score (nSPS) is 10.2. The molecule has 0 spiro atoms. The van der Waals surface area contributed by atoms with Crippen LogP contribution in [0.1, 0.15) is 34.8 Å². The zero-order valence-corrected chi connectivity index (χ0v) is 11.3. The van der Waals surface area contributed by atoms with Crippen molar-refractivity contribution >= 4 is 5.78 Å². The van der Waals surface area contributed by atoms with Crippen LogP contribution >= 0.6 is 0 Å². The average molecular weight is 254 g/mol. The van der Waals surface area contributed by atoms with Gasteiger partial charge in [-0.05, 0) is 31.0 Å². The summed E-state index contributed by atoms with van der Waals surface area (Å²) in [5.41, 5.74) is 2.35. The molecule has 0 bridgehead atoms. The van der Waals surface area contributed by atoms with Crippen molar-refractivity contribution in [3.8, 4) is 5.75 Å². The molecule has 0 radical (unpaired) electrons. The number of hydrogen-bond acceptors (Lipinski definition) is 2. The van der Waals surface area contributed by atoms with Gasteiger partial charge in [-0.25, -0.2) is 0 Å². The number of hydrogen-bond donors (Lipinski definition) is 0. The third-order valence-corrected chi connectivity index (χ3v) is 2.98. The lowest BCUT2D eigenvalue weighted by Crippen LogP contribution is -2.07. The molecule has 19 heavy (non-hydrogen) atoms. The predicted octanol–water partition coefficient (Wildman–Crippen LogP) is 4.01. The number of para-hydroxylation sites is 1. The second-order valence-electron chi connectivity index (χ2n) is 4.49. The molecular formula is C17H18O2. The highest BCUT2D eigenvalue weighted by Gasteiger charge is 2.15.